The lowest BCUT2D eigenvalue weighted by Crippen LogP contribution is -2.30. The molecule has 1 atom stereocenters. The van der Waals surface area contributed by atoms with Gasteiger partial charge in [-0.1, -0.05) is 11.6 Å². The van der Waals surface area contributed by atoms with Crippen molar-refractivity contribution in [2.24, 2.45) is 0 Å². The van der Waals surface area contributed by atoms with Gasteiger partial charge in [0.2, 0.25) is 0 Å². The molecule has 0 aromatic heterocycles. The summed E-state index contributed by atoms with van der Waals surface area (Å²) < 4.78 is 5.71. The number of rotatable bonds is 5. The van der Waals surface area contributed by atoms with E-state index in [0.717, 1.165) is 22.2 Å². The van der Waals surface area contributed by atoms with E-state index >= 15 is 0 Å². The van der Waals surface area contributed by atoms with Crippen LogP contribution in [0.4, 0.5) is 10.5 Å². The molecule has 0 saturated carbocycles. The van der Waals surface area contributed by atoms with Crippen molar-refractivity contribution in [1.29, 1.82) is 0 Å². The number of amides is 2. The summed E-state index contributed by atoms with van der Waals surface area (Å²) in [5, 5.41) is 3.37. The third-order valence-corrected chi connectivity index (χ3v) is 4.78. The van der Waals surface area contributed by atoms with Gasteiger partial charge in [0.15, 0.2) is 6.10 Å². The highest BCUT2D eigenvalue weighted by Gasteiger charge is 2.16. The normalized spacial score (nSPS) is 11.6. The molecule has 1 unspecified atom stereocenters. The summed E-state index contributed by atoms with van der Waals surface area (Å²) in [5.41, 5.74) is 1.50. The van der Waals surface area contributed by atoms with E-state index in [2.05, 4.69) is 5.32 Å². The van der Waals surface area contributed by atoms with Crippen LogP contribution in [0.5, 0.6) is 5.75 Å². The molecule has 0 bridgehead atoms. The predicted molar refractivity (Wildman–Crippen MR) is 106 cm³/mol. The Labute approximate surface area is 162 Å². The van der Waals surface area contributed by atoms with E-state index in [-0.39, 0.29) is 11.1 Å². The molecule has 0 aliphatic rings. The summed E-state index contributed by atoms with van der Waals surface area (Å²) in [6, 6.07) is 12.3. The van der Waals surface area contributed by atoms with Gasteiger partial charge in [0, 0.05) is 29.7 Å². The Bertz CT molecular complexity index is 794. The number of carbonyl (C=O) groups excluding carboxylic acids is 2. The van der Waals surface area contributed by atoms with E-state index in [9.17, 15) is 9.59 Å². The standard InChI is InChI=1S/C19H21ClN2O3S/c1-12-11-14(20)5-10-17(12)25-13(2)18(23)21-15-6-8-16(9-7-15)26-19(24)22(3)4/h5-11,13H,1-4H3,(H,21,23). The molecule has 138 valence electrons. The largest absolute Gasteiger partial charge is 0.481 e. The number of carbonyl (C=O) groups is 2. The van der Waals surface area contributed by atoms with Gasteiger partial charge in [0.1, 0.15) is 5.75 Å². The molecular weight excluding hydrogens is 372 g/mol. The van der Waals surface area contributed by atoms with Crippen LogP contribution in [0, 0.1) is 6.92 Å². The molecule has 0 saturated heterocycles. The van der Waals surface area contributed by atoms with Crippen molar-refractivity contribution in [3.05, 3.63) is 53.1 Å². The van der Waals surface area contributed by atoms with Gasteiger partial charge in [-0.15, -0.1) is 0 Å². The fourth-order valence-corrected chi connectivity index (χ4v) is 2.91. The molecule has 0 heterocycles. The van der Waals surface area contributed by atoms with Gasteiger partial charge in [-0.25, -0.2) is 0 Å². The van der Waals surface area contributed by atoms with Crippen molar-refractivity contribution in [3.8, 4) is 5.75 Å². The number of aryl methyl sites for hydroxylation is 1. The van der Waals surface area contributed by atoms with Crippen molar-refractivity contribution in [3.63, 3.8) is 0 Å². The van der Waals surface area contributed by atoms with Crippen LogP contribution in [0.15, 0.2) is 47.4 Å². The van der Waals surface area contributed by atoms with Crippen LogP contribution < -0.4 is 10.1 Å². The number of nitrogens with one attached hydrogen (secondary N) is 1. The molecule has 2 rings (SSSR count). The summed E-state index contributed by atoms with van der Waals surface area (Å²) in [6.07, 6.45) is -0.667. The Kier molecular flexibility index (Phi) is 6.94. The molecule has 0 aliphatic heterocycles. The zero-order valence-corrected chi connectivity index (χ0v) is 16.6. The fourth-order valence-electron chi connectivity index (χ4n) is 2.03. The first-order valence-electron chi connectivity index (χ1n) is 7.99. The summed E-state index contributed by atoms with van der Waals surface area (Å²) in [5.74, 6) is 0.357. The van der Waals surface area contributed by atoms with E-state index < -0.39 is 6.10 Å². The Balaban J connectivity index is 1.95. The zero-order chi connectivity index (χ0) is 19.3. The first-order chi connectivity index (χ1) is 12.3. The van der Waals surface area contributed by atoms with E-state index in [1.54, 1.807) is 63.5 Å². The van der Waals surface area contributed by atoms with Gasteiger partial charge in [-0.05, 0) is 73.6 Å². The van der Waals surface area contributed by atoms with Crippen molar-refractivity contribution in [2.75, 3.05) is 19.4 Å². The lowest BCUT2D eigenvalue weighted by atomic mass is 10.2. The Hall–Kier alpha value is -2.18. The maximum atomic E-state index is 12.3. The highest BCUT2D eigenvalue weighted by molar-refractivity contribution is 8.13. The van der Waals surface area contributed by atoms with Crippen LogP contribution in [-0.2, 0) is 4.79 Å². The minimum Gasteiger partial charge on any atom is -0.481 e. The highest BCUT2D eigenvalue weighted by atomic mass is 35.5. The monoisotopic (exact) mass is 392 g/mol. The third kappa shape index (κ3) is 5.68. The van der Waals surface area contributed by atoms with Gasteiger partial charge < -0.3 is 15.0 Å². The second kappa shape index (κ2) is 8.96. The topological polar surface area (TPSA) is 58.6 Å². The second-order valence-corrected chi connectivity index (χ2v) is 7.41. The van der Waals surface area contributed by atoms with Crippen molar-refractivity contribution < 1.29 is 14.3 Å². The summed E-state index contributed by atoms with van der Waals surface area (Å²) in [7, 11) is 3.40. The Morgan fingerprint density at radius 1 is 1.15 bits per heavy atom. The molecule has 0 aliphatic carbocycles. The molecule has 26 heavy (non-hydrogen) atoms. The van der Waals surface area contributed by atoms with E-state index in [1.165, 1.54) is 4.90 Å². The molecule has 7 heteroatoms. The predicted octanol–water partition coefficient (Wildman–Crippen LogP) is 4.83. The molecule has 0 radical (unpaired) electrons. The Morgan fingerprint density at radius 3 is 2.38 bits per heavy atom. The number of ether oxygens (including phenoxy) is 1. The third-order valence-electron chi connectivity index (χ3n) is 3.50. The lowest BCUT2D eigenvalue weighted by Gasteiger charge is -2.16. The first kappa shape index (κ1) is 20.1. The number of anilines is 1. The fraction of sp³-hybridized carbons (Fsp3) is 0.263. The molecule has 1 N–H and O–H groups in total. The quantitative estimate of drug-likeness (QED) is 0.740. The number of thioether (sulfide) groups is 1. The van der Waals surface area contributed by atoms with Gasteiger partial charge in [0.25, 0.3) is 11.1 Å². The molecule has 2 aromatic rings. The molecule has 5 nitrogen and oxygen atoms in total. The summed E-state index contributed by atoms with van der Waals surface area (Å²) in [6.45, 7) is 3.56. The number of benzene rings is 2. The number of nitrogens with zero attached hydrogens (tertiary/aromatic N) is 1. The van der Waals surface area contributed by atoms with Crippen LogP contribution in [0.3, 0.4) is 0 Å². The minimum atomic E-state index is -0.667. The smallest absolute Gasteiger partial charge is 0.285 e. The highest BCUT2D eigenvalue weighted by Crippen LogP contribution is 2.24. The van der Waals surface area contributed by atoms with Gasteiger partial charge in [-0.2, -0.15) is 0 Å². The van der Waals surface area contributed by atoms with Gasteiger partial charge in [-0.3, -0.25) is 9.59 Å². The van der Waals surface area contributed by atoms with E-state index in [0.29, 0.717) is 16.5 Å². The average Bonchev–Trinajstić information content (AvgIpc) is 2.58. The average molecular weight is 393 g/mol. The Morgan fingerprint density at radius 2 is 1.81 bits per heavy atom. The molecule has 2 amide bonds. The van der Waals surface area contributed by atoms with E-state index in [4.69, 9.17) is 16.3 Å². The van der Waals surface area contributed by atoms with Crippen LogP contribution in [0.1, 0.15) is 12.5 Å². The van der Waals surface area contributed by atoms with Crippen LogP contribution in [-0.4, -0.2) is 36.2 Å². The maximum Gasteiger partial charge on any atom is 0.285 e. The SMILES string of the molecule is Cc1cc(Cl)ccc1OC(C)C(=O)Nc1ccc(SC(=O)N(C)C)cc1. The number of hydrogen-bond acceptors (Lipinski definition) is 4. The van der Waals surface area contributed by atoms with Crippen LogP contribution in [0.25, 0.3) is 0 Å². The van der Waals surface area contributed by atoms with E-state index in [1.807, 2.05) is 6.92 Å². The van der Waals surface area contributed by atoms with Crippen molar-refractivity contribution in [1.82, 2.24) is 4.90 Å². The van der Waals surface area contributed by atoms with Gasteiger partial charge >= 0.3 is 0 Å². The molecular formula is C19H21ClN2O3S. The van der Waals surface area contributed by atoms with Crippen molar-refractivity contribution in [2.45, 2.75) is 24.8 Å². The van der Waals surface area contributed by atoms with Crippen molar-refractivity contribution >= 4 is 40.2 Å². The number of hydrogen-bond donors (Lipinski definition) is 1. The number of halogens is 1. The summed E-state index contributed by atoms with van der Waals surface area (Å²) in [4.78, 5) is 26.3. The maximum absolute atomic E-state index is 12.3. The lowest BCUT2D eigenvalue weighted by molar-refractivity contribution is -0.122. The molecule has 0 spiro atoms. The summed E-state index contributed by atoms with van der Waals surface area (Å²) >= 11 is 7.05. The van der Waals surface area contributed by atoms with Crippen LogP contribution in [0.2, 0.25) is 5.02 Å². The zero-order valence-electron chi connectivity index (χ0n) is 15.1. The first-order valence-corrected chi connectivity index (χ1v) is 9.18. The molecule has 2 aromatic carbocycles. The molecule has 0 fully saturated rings. The van der Waals surface area contributed by atoms with Crippen LogP contribution >= 0.6 is 23.4 Å². The minimum absolute atomic E-state index is 0.0536. The second-order valence-electron chi connectivity index (χ2n) is 5.95. The van der Waals surface area contributed by atoms with Gasteiger partial charge in [0.05, 0.1) is 0 Å².